The molecule has 2 heterocycles. The van der Waals surface area contributed by atoms with Gasteiger partial charge in [0.25, 0.3) is 0 Å². The van der Waals surface area contributed by atoms with E-state index < -0.39 is 0 Å². The van der Waals surface area contributed by atoms with E-state index in [2.05, 4.69) is 21.4 Å². The molecule has 0 amide bonds. The van der Waals surface area contributed by atoms with Gasteiger partial charge in [-0.2, -0.15) is 0 Å². The average molecular weight is 290 g/mol. The highest BCUT2D eigenvalue weighted by Crippen LogP contribution is 2.24. The lowest BCUT2D eigenvalue weighted by Crippen LogP contribution is -2.39. The lowest BCUT2D eigenvalue weighted by atomic mass is 10.2. The summed E-state index contributed by atoms with van der Waals surface area (Å²) in [5.74, 6) is 0.691. The van der Waals surface area contributed by atoms with Gasteiger partial charge in [0.1, 0.15) is 12.4 Å². The molecule has 3 N–H and O–H groups in total. The predicted octanol–water partition coefficient (Wildman–Crippen LogP) is 1.00. The van der Waals surface area contributed by atoms with Gasteiger partial charge in [-0.05, 0) is 25.1 Å². The second kappa shape index (κ2) is 6.01. The Balaban J connectivity index is 1.90. The highest BCUT2D eigenvalue weighted by molar-refractivity contribution is 5.79. The summed E-state index contributed by atoms with van der Waals surface area (Å²) in [5, 5.41) is 9.60. The van der Waals surface area contributed by atoms with Crippen molar-refractivity contribution in [3.05, 3.63) is 24.0 Å². The number of morpholine rings is 1. The summed E-state index contributed by atoms with van der Waals surface area (Å²) >= 11 is 0. The molecule has 1 aliphatic rings. The van der Waals surface area contributed by atoms with Gasteiger partial charge in [0.05, 0.1) is 24.2 Å². The number of hydrogen-bond acceptors (Lipinski definition) is 5. The first-order chi connectivity index (χ1) is 10.2. The molecule has 0 radical (unpaired) electrons. The second-order valence-corrected chi connectivity index (χ2v) is 5.57. The molecule has 21 heavy (non-hydrogen) atoms. The Kier molecular flexibility index (Phi) is 4.10. The number of fused-ring (bicyclic) bond motifs is 1. The van der Waals surface area contributed by atoms with Crippen LogP contribution in [0.5, 0.6) is 0 Å². The van der Waals surface area contributed by atoms with Crippen LogP contribution >= 0.6 is 0 Å². The molecule has 114 valence electrons. The maximum atomic E-state index is 9.60. The molecule has 1 atom stereocenters. The molecule has 1 aromatic carbocycles. The molecule has 1 aliphatic heterocycles. The van der Waals surface area contributed by atoms with E-state index in [1.165, 1.54) is 0 Å². The highest BCUT2D eigenvalue weighted by Gasteiger charge is 2.19. The van der Waals surface area contributed by atoms with Crippen LogP contribution in [-0.2, 0) is 11.3 Å². The first kappa shape index (κ1) is 14.3. The molecule has 1 fully saturated rings. The van der Waals surface area contributed by atoms with Gasteiger partial charge < -0.3 is 20.1 Å². The van der Waals surface area contributed by atoms with Crippen LogP contribution in [0.3, 0.4) is 0 Å². The van der Waals surface area contributed by atoms with Gasteiger partial charge in [-0.25, -0.2) is 4.98 Å². The van der Waals surface area contributed by atoms with E-state index in [4.69, 9.17) is 10.5 Å². The third kappa shape index (κ3) is 2.88. The Morgan fingerprint density at radius 2 is 2.14 bits per heavy atom. The van der Waals surface area contributed by atoms with E-state index in [1.54, 1.807) is 0 Å². The number of nitrogen functional groups attached to an aromatic ring is 1. The van der Waals surface area contributed by atoms with Gasteiger partial charge in [-0.15, -0.1) is 0 Å². The highest BCUT2D eigenvalue weighted by atomic mass is 16.5. The Morgan fingerprint density at radius 3 is 2.86 bits per heavy atom. The van der Waals surface area contributed by atoms with E-state index >= 15 is 0 Å². The van der Waals surface area contributed by atoms with E-state index in [-0.39, 0.29) is 12.6 Å². The molecule has 2 aromatic rings. The summed E-state index contributed by atoms with van der Waals surface area (Å²) in [5.41, 5.74) is 8.37. The molecule has 1 unspecified atom stereocenters. The molecular formula is C15H22N4O2. The number of nitrogens with two attached hydrogens (primary N) is 1. The summed E-state index contributed by atoms with van der Waals surface area (Å²) < 4.78 is 7.50. The zero-order chi connectivity index (χ0) is 14.8. The van der Waals surface area contributed by atoms with Gasteiger partial charge in [0, 0.05) is 31.4 Å². The maximum absolute atomic E-state index is 9.60. The van der Waals surface area contributed by atoms with Crippen molar-refractivity contribution in [2.75, 3.05) is 38.6 Å². The SMILES string of the molecule is CC(CN1CCOCC1)n1c(CO)nc2cc(N)ccc21. The van der Waals surface area contributed by atoms with E-state index in [1.807, 2.05) is 18.2 Å². The summed E-state index contributed by atoms with van der Waals surface area (Å²) in [7, 11) is 0. The maximum Gasteiger partial charge on any atom is 0.136 e. The first-order valence-electron chi connectivity index (χ1n) is 7.36. The fourth-order valence-corrected chi connectivity index (χ4v) is 3.01. The zero-order valence-corrected chi connectivity index (χ0v) is 12.3. The van der Waals surface area contributed by atoms with Gasteiger partial charge in [-0.3, -0.25) is 4.90 Å². The smallest absolute Gasteiger partial charge is 0.136 e. The number of anilines is 1. The number of rotatable bonds is 4. The van der Waals surface area contributed by atoms with Gasteiger partial charge in [-0.1, -0.05) is 0 Å². The Bertz CT molecular complexity index is 619. The molecule has 0 aliphatic carbocycles. The standard InChI is InChI=1S/C15H22N4O2/c1-11(9-18-4-6-21-7-5-18)19-14-3-2-12(16)8-13(14)17-15(19)10-20/h2-3,8,11,20H,4-7,9-10,16H2,1H3. The average Bonchev–Trinajstić information content (AvgIpc) is 2.85. The number of nitrogens with zero attached hydrogens (tertiary/aromatic N) is 3. The second-order valence-electron chi connectivity index (χ2n) is 5.57. The minimum absolute atomic E-state index is 0.0674. The summed E-state index contributed by atoms with van der Waals surface area (Å²) in [6.07, 6.45) is 0. The van der Waals surface area contributed by atoms with Crippen LogP contribution in [0.1, 0.15) is 18.8 Å². The monoisotopic (exact) mass is 290 g/mol. The zero-order valence-electron chi connectivity index (χ0n) is 12.3. The van der Waals surface area contributed by atoms with Crippen molar-refractivity contribution in [2.24, 2.45) is 0 Å². The summed E-state index contributed by atoms with van der Waals surface area (Å²) in [6.45, 7) is 6.51. The quantitative estimate of drug-likeness (QED) is 0.822. The summed E-state index contributed by atoms with van der Waals surface area (Å²) in [6, 6.07) is 5.95. The normalized spacial score (nSPS) is 18.2. The minimum atomic E-state index is -0.0674. The molecule has 1 saturated heterocycles. The van der Waals surface area contributed by atoms with Gasteiger partial charge >= 0.3 is 0 Å². The molecule has 0 saturated carbocycles. The Hall–Kier alpha value is -1.63. The van der Waals surface area contributed by atoms with Crippen molar-refractivity contribution in [3.63, 3.8) is 0 Å². The molecule has 0 spiro atoms. The predicted molar refractivity (Wildman–Crippen MR) is 82.0 cm³/mol. The fraction of sp³-hybridized carbons (Fsp3) is 0.533. The number of ether oxygens (including phenoxy) is 1. The Morgan fingerprint density at radius 1 is 1.38 bits per heavy atom. The third-order valence-electron chi connectivity index (χ3n) is 3.99. The number of aliphatic hydroxyl groups excluding tert-OH is 1. The van der Waals surface area contributed by atoms with Crippen molar-refractivity contribution >= 4 is 16.7 Å². The van der Waals surface area contributed by atoms with Crippen molar-refractivity contribution in [3.8, 4) is 0 Å². The van der Waals surface area contributed by atoms with Crippen LogP contribution in [0.4, 0.5) is 5.69 Å². The molecular weight excluding hydrogens is 268 g/mol. The van der Waals surface area contributed by atoms with Crippen LogP contribution in [0.2, 0.25) is 0 Å². The fourth-order valence-electron chi connectivity index (χ4n) is 3.01. The minimum Gasteiger partial charge on any atom is -0.399 e. The van der Waals surface area contributed by atoms with Crippen molar-refractivity contribution in [1.82, 2.24) is 14.5 Å². The van der Waals surface area contributed by atoms with Gasteiger partial charge in [0.2, 0.25) is 0 Å². The van der Waals surface area contributed by atoms with E-state index in [0.717, 1.165) is 43.9 Å². The van der Waals surface area contributed by atoms with Crippen LogP contribution in [0.15, 0.2) is 18.2 Å². The van der Waals surface area contributed by atoms with Crippen molar-refractivity contribution in [1.29, 1.82) is 0 Å². The number of hydrogen-bond donors (Lipinski definition) is 2. The van der Waals surface area contributed by atoms with Crippen LogP contribution in [-0.4, -0.2) is 52.4 Å². The lowest BCUT2D eigenvalue weighted by Gasteiger charge is -2.30. The first-order valence-corrected chi connectivity index (χ1v) is 7.36. The van der Waals surface area contributed by atoms with E-state index in [0.29, 0.717) is 11.5 Å². The van der Waals surface area contributed by atoms with Crippen LogP contribution in [0.25, 0.3) is 11.0 Å². The molecule has 3 rings (SSSR count). The number of aliphatic hydroxyl groups is 1. The Labute approximate surface area is 124 Å². The third-order valence-corrected chi connectivity index (χ3v) is 3.99. The number of imidazole rings is 1. The van der Waals surface area contributed by atoms with Crippen LogP contribution < -0.4 is 5.73 Å². The molecule has 0 bridgehead atoms. The van der Waals surface area contributed by atoms with Crippen molar-refractivity contribution in [2.45, 2.75) is 19.6 Å². The largest absolute Gasteiger partial charge is 0.399 e. The number of benzene rings is 1. The van der Waals surface area contributed by atoms with E-state index in [9.17, 15) is 5.11 Å². The topological polar surface area (TPSA) is 76.5 Å². The van der Waals surface area contributed by atoms with Crippen molar-refractivity contribution < 1.29 is 9.84 Å². The lowest BCUT2D eigenvalue weighted by molar-refractivity contribution is 0.0324. The van der Waals surface area contributed by atoms with Gasteiger partial charge in [0.15, 0.2) is 0 Å². The van der Waals surface area contributed by atoms with Crippen LogP contribution in [0, 0.1) is 0 Å². The molecule has 6 nitrogen and oxygen atoms in total. The molecule has 1 aromatic heterocycles. The number of aromatic nitrogens is 2. The summed E-state index contributed by atoms with van der Waals surface area (Å²) in [4.78, 5) is 6.88. The molecule has 6 heteroatoms.